The van der Waals surface area contributed by atoms with E-state index in [1.807, 2.05) is 30.3 Å². The van der Waals surface area contributed by atoms with Gasteiger partial charge >= 0.3 is 0 Å². The van der Waals surface area contributed by atoms with Crippen molar-refractivity contribution in [3.05, 3.63) is 98.8 Å². The molecule has 8 heteroatoms. The van der Waals surface area contributed by atoms with Crippen LogP contribution in [0, 0.1) is 0 Å². The molecule has 0 saturated heterocycles. The summed E-state index contributed by atoms with van der Waals surface area (Å²) in [5, 5.41) is 5.00. The highest BCUT2D eigenvalue weighted by Crippen LogP contribution is 2.21. The fourth-order valence-electron chi connectivity index (χ4n) is 3.08. The van der Waals surface area contributed by atoms with Crippen molar-refractivity contribution in [2.75, 3.05) is 11.1 Å². The molecule has 1 heterocycles. The van der Waals surface area contributed by atoms with E-state index in [-0.39, 0.29) is 17.2 Å². The van der Waals surface area contributed by atoms with E-state index in [9.17, 15) is 9.59 Å². The van der Waals surface area contributed by atoms with Gasteiger partial charge in [0.15, 0.2) is 5.16 Å². The number of benzene rings is 3. The minimum absolute atomic E-state index is 0.100. The fraction of sp³-hybridized carbons (Fsp3) is 0.0870. The maximum atomic E-state index is 13.2. The molecule has 0 spiro atoms. The lowest BCUT2D eigenvalue weighted by Crippen LogP contribution is -2.24. The normalized spacial score (nSPS) is 10.9. The highest BCUT2D eigenvalue weighted by atomic mass is 35.5. The third-order valence-corrected chi connectivity index (χ3v) is 5.98. The molecule has 3 aromatic carbocycles. The Labute approximate surface area is 193 Å². The first-order valence-corrected chi connectivity index (χ1v) is 11.2. The molecular formula is C23H17Cl2N3O2S. The first-order valence-electron chi connectivity index (χ1n) is 9.42. The average molecular weight is 470 g/mol. The molecule has 4 rings (SSSR count). The number of thioether (sulfide) groups is 1. The Kier molecular flexibility index (Phi) is 6.61. The zero-order chi connectivity index (χ0) is 21.8. The Morgan fingerprint density at radius 1 is 0.968 bits per heavy atom. The third-order valence-electron chi connectivity index (χ3n) is 4.52. The molecule has 1 N–H and O–H groups in total. The molecule has 0 aliphatic carbocycles. The van der Waals surface area contributed by atoms with Crippen molar-refractivity contribution in [1.29, 1.82) is 0 Å². The van der Waals surface area contributed by atoms with Gasteiger partial charge in [-0.3, -0.25) is 14.2 Å². The van der Waals surface area contributed by atoms with Crippen LogP contribution < -0.4 is 10.9 Å². The number of anilines is 1. The van der Waals surface area contributed by atoms with Crippen LogP contribution in [0.3, 0.4) is 0 Å². The summed E-state index contributed by atoms with van der Waals surface area (Å²) in [5.74, 6) is -0.104. The molecule has 4 aromatic rings. The number of rotatable bonds is 6. The van der Waals surface area contributed by atoms with Crippen LogP contribution in [0.5, 0.6) is 0 Å². The molecule has 0 fully saturated rings. The molecule has 31 heavy (non-hydrogen) atoms. The van der Waals surface area contributed by atoms with Crippen molar-refractivity contribution in [1.82, 2.24) is 9.55 Å². The van der Waals surface area contributed by atoms with E-state index in [0.717, 1.165) is 5.56 Å². The standard InChI is InChI=1S/C23H17Cl2N3O2S/c24-16-8-10-18(11-9-16)26-21(29)14-31-23-27-20-7-2-1-6-19(20)22(30)28(23)13-15-4-3-5-17(25)12-15/h1-12H,13-14H2,(H,26,29). The first kappa shape index (κ1) is 21.4. The third kappa shape index (κ3) is 5.28. The van der Waals surface area contributed by atoms with Crippen LogP contribution in [0.25, 0.3) is 10.9 Å². The second-order valence-corrected chi connectivity index (χ2v) is 8.59. The second kappa shape index (κ2) is 9.56. The van der Waals surface area contributed by atoms with Crippen LogP contribution in [0.1, 0.15) is 5.56 Å². The smallest absolute Gasteiger partial charge is 0.262 e. The van der Waals surface area contributed by atoms with Crippen LogP contribution in [-0.4, -0.2) is 21.2 Å². The molecule has 1 amide bonds. The van der Waals surface area contributed by atoms with Gasteiger partial charge in [0.2, 0.25) is 5.91 Å². The number of nitrogens with one attached hydrogen (secondary N) is 1. The van der Waals surface area contributed by atoms with Crippen LogP contribution in [0.4, 0.5) is 5.69 Å². The van der Waals surface area contributed by atoms with E-state index in [1.165, 1.54) is 11.8 Å². The first-order chi connectivity index (χ1) is 15.0. The van der Waals surface area contributed by atoms with Gasteiger partial charge in [0, 0.05) is 15.7 Å². The topological polar surface area (TPSA) is 64.0 Å². The van der Waals surface area contributed by atoms with Gasteiger partial charge in [0.05, 0.1) is 23.2 Å². The molecular weight excluding hydrogens is 453 g/mol. The monoisotopic (exact) mass is 469 g/mol. The van der Waals surface area contributed by atoms with Gasteiger partial charge < -0.3 is 5.32 Å². The predicted octanol–water partition coefficient (Wildman–Crippen LogP) is 5.48. The molecule has 0 aliphatic heterocycles. The lowest BCUT2D eigenvalue weighted by atomic mass is 10.2. The summed E-state index contributed by atoms with van der Waals surface area (Å²) in [5.41, 5.74) is 1.96. The number of hydrogen-bond donors (Lipinski definition) is 1. The number of amides is 1. The van der Waals surface area contributed by atoms with Gasteiger partial charge in [0.25, 0.3) is 5.56 Å². The zero-order valence-corrected chi connectivity index (χ0v) is 18.5. The number of carbonyl (C=O) groups is 1. The van der Waals surface area contributed by atoms with E-state index < -0.39 is 0 Å². The van der Waals surface area contributed by atoms with E-state index in [2.05, 4.69) is 10.3 Å². The molecule has 0 saturated carbocycles. The summed E-state index contributed by atoms with van der Waals surface area (Å²) in [4.78, 5) is 30.2. The molecule has 5 nitrogen and oxygen atoms in total. The molecule has 0 unspecified atom stereocenters. The Hall–Kier alpha value is -2.80. The van der Waals surface area contributed by atoms with Crippen molar-refractivity contribution in [3.8, 4) is 0 Å². The summed E-state index contributed by atoms with van der Waals surface area (Å²) in [7, 11) is 0. The predicted molar refractivity (Wildman–Crippen MR) is 127 cm³/mol. The molecule has 156 valence electrons. The number of hydrogen-bond acceptors (Lipinski definition) is 4. The average Bonchev–Trinajstić information content (AvgIpc) is 2.76. The molecule has 1 aromatic heterocycles. The van der Waals surface area contributed by atoms with Gasteiger partial charge in [-0.25, -0.2) is 4.98 Å². The summed E-state index contributed by atoms with van der Waals surface area (Å²) < 4.78 is 1.58. The van der Waals surface area contributed by atoms with E-state index in [4.69, 9.17) is 23.2 Å². The maximum absolute atomic E-state index is 13.2. The van der Waals surface area contributed by atoms with Crippen molar-refractivity contribution in [3.63, 3.8) is 0 Å². The zero-order valence-electron chi connectivity index (χ0n) is 16.2. The highest BCUT2D eigenvalue weighted by Gasteiger charge is 2.14. The lowest BCUT2D eigenvalue weighted by molar-refractivity contribution is -0.113. The largest absolute Gasteiger partial charge is 0.325 e. The van der Waals surface area contributed by atoms with Crippen LogP contribution in [0.2, 0.25) is 10.0 Å². The number of nitrogens with zero attached hydrogens (tertiary/aromatic N) is 2. The molecule has 0 bridgehead atoms. The number of aromatic nitrogens is 2. The Morgan fingerprint density at radius 3 is 2.52 bits per heavy atom. The van der Waals surface area contributed by atoms with Crippen molar-refractivity contribution >= 4 is 57.5 Å². The SMILES string of the molecule is O=C(CSc1nc2ccccc2c(=O)n1Cc1cccc(Cl)c1)Nc1ccc(Cl)cc1. The summed E-state index contributed by atoms with van der Waals surface area (Å²) in [6.07, 6.45) is 0. The molecule has 0 aliphatic rings. The number of carbonyl (C=O) groups excluding carboxylic acids is 1. The van der Waals surface area contributed by atoms with Gasteiger partial charge in [0.1, 0.15) is 0 Å². The minimum atomic E-state index is -0.205. The highest BCUT2D eigenvalue weighted by molar-refractivity contribution is 7.99. The van der Waals surface area contributed by atoms with E-state index in [1.54, 1.807) is 47.0 Å². The fourth-order valence-corrected chi connectivity index (χ4v) is 4.21. The number of halogens is 2. The van der Waals surface area contributed by atoms with Crippen molar-refractivity contribution in [2.24, 2.45) is 0 Å². The Morgan fingerprint density at radius 2 is 1.74 bits per heavy atom. The summed E-state index contributed by atoms with van der Waals surface area (Å²) >= 11 is 13.2. The second-order valence-electron chi connectivity index (χ2n) is 6.78. The maximum Gasteiger partial charge on any atom is 0.262 e. The van der Waals surface area contributed by atoms with Crippen LogP contribution in [-0.2, 0) is 11.3 Å². The number of fused-ring (bicyclic) bond motifs is 1. The van der Waals surface area contributed by atoms with Gasteiger partial charge in [-0.15, -0.1) is 0 Å². The summed E-state index contributed by atoms with van der Waals surface area (Å²) in [6, 6.07) is 21.4. The van der Waals surface area contributed by atoms with Crippen LogP contribution in [0.15, 0.2) is 82.7 Å². The van der Waals surface area contributed by atoms with Gasteiger partial charge in [-0.05, 0) is 54.1 Å². The van der Waals surface area contributed by atoms with Crippen molar-refractivity contribution in [2.45, 2.75) is 11.7 Å². The lowest BCUT2D eigenvalue weighted by Gasteiger charge is -2.13. The molecule has 0 atom stereocenters. The molecule has 0 radical (unpaired) electrons. The van der Waals surface area contributed by atoms with E-state index in [0.29, 0.717) is 38.3 Å². The van der Waals surface area contributed by atoms with Crippen molar-refractivity contribution < 1.29 is 4.79 Å². The Bertz CT molecular complexity index is 1310. The van der Waals surface area contributed by atoms with Gasteiger partial charge in [-0.1, -0.05) is 59.2 Å². The number of para-hydroxylation sites is 1. The van der Waals surface area contributed by atoms with E-state index >= 15 is 0 Å². The quantitative estimate of drug-likeness (QED) is 0.299. The Balaban J connectivity index is 1.61. The summed E-state index contributed by atoms with van der Waals surface area (Å²) in [6.45, 7) is 0.304. The van der Waals surface area contributed by atoms with Gasteiger partial charge in [-0.2, -0.15) is 0 Å². The minimum Gasteiger partial charge on any atom is -0.325 e. The van der Waals surface area contributed by atoms with Crippen LogP contribution >= 0.6 is 35.0 Å².